The van der Waals surface area contributed by atoms with Crippen LogP contribution in [-0.4, -0.2) is 129 Å². The Hall–Kier alpha value is -2.69. The predicted molar refractivity (Wildman–Crippen MR) is 216 cm³/mol. The molecule has 0 spiro atoms. The summed E-state index contributed by atoms with van der Waals surface area (Å²) in [5.74, 6) is -2.86. The third-order valence-electron chi connectivity index (χ3n) is 8.12. The minimum absolute atomic E-state index is 0.00374. The summed E-state index contributed by atoms with van der Waals surface area (Å²) in [6, 6.07) is -1.13. The molecule has 0 rings (SSSR count). The second-order valence-electron chi connectivity index (χ2n) is 13.1. The van der Waals surface area contributed by atoms with E-state index in [4.69, 9.17) is 24.1 Å². The van der Waals surface area contributed by atoms with Gasteiger partial charge in [-0.3, -0.25) is 29.0 Å². The molecule has 18 heteroatoms. The molecule has 0 aromatic carbocycles. The van der Waals surface area contributed by atoms with Gasteiger partial charge in [-0.1, -0.05) is 86.3 Å². The first-order valence-corrected chi connectivity index (χ1v) is 20.6. The number of thiol groups is 1. The largest absolute Gasteiger partial charge is 0.481 e. The standard InChI is InChI=1S/C37H67N4O12PS/c42-31(38-19-21-50-23-25-52-28-33(44)39-20-22-51-24-26-53-29-34(54)40-27-36(47)55)18-17-30(37(48)49)41-32(43)15-13-11-9-7-5-3-1-2-4-6-8-10-12-14-16-35(45)46/h30H,1-29,54H2,(H,38,42)(H,39,44)(H,41,43)(H,45,46)(H,47,55)(H,48,49)/t30-/m0/s1. The van der Waals surface area contributed by atoms with E-state index >= 15 is 0 Å². The highest BCUT2D eigenvalue weighted by molar-refractivity contribution is 7.96. The number of carboxylic acid groups (broad SMARTS) is 2. The first-order valence-electron chi connectivity index (χ1n) is 19.6. The van der Waals surface area contributed by atoms with E-state index in [0.717, 1.165) is 38.5 Å². The number of carboxylic acids is 2. The van der Waals surface area contributed by atoms with Gasteiger partial charge in [0.2, 0.25) is 22.8 Å². The minimum Gasteiger partial charge on any atom is -0.481 e. The Labute approximate surface area is 334 Å². The molecule has 0 bridgehead atoms. The molecule has 16 nitrogen and oxygen atoms in total. The molecule has 0 fully saturated rings. The van der Waals surface area contributed by atoms with Gasteiger partial charge in [0.05, 0.1) is 51.7 Å². The quantitative estimate of drug-likeness (QED) is 0.0225. The van der Waals surface area contributed by atoms with Gasteiger partial charge in [0, 0.05) is 32.4 Å². The van der Waals surface area contributed by atoms with Gasteiger partial charge < -0.3 is 45.1 Å². The number of carbonyl (C=O) groups is 6. The predicted octanol–water partition coefficient (Wildman–Crippen LogP) is 3.69. The molecular weight excluding hydrogens is 755 g/mol. The number of unbranched alkanes of at least 4 members (excludes halogenated alkanes) is 13. The zero-order chi connectivity index (χ0) is 40.8. The van der Waals surface area contributed by atoms with Gasteiger partial charge in [-0.15, -0.1) is 12.6 Å². The van der Waals surface area contributed by atoms with E-state index in [1.807, 2.05) is 0 Å². The monoisotopic (exact) mass is 822 g/mol. The third kappa shape index (κ3) is 39.3. The van der Waals surface area contributed by atoms with Crippen LogP contribution >= 0.6 is 21.9 Å². The van der Waals surface area contributed by atoms with Gasteiger partial charge in [0.25, 0.3) is 0 Å². The van der Waals surface area contributed by atoms with Gasteiger partial charge in [-0.05, 0) is 19.3 Å². The summed E-state index contributed by atoms with van der Waals surface area (Å²) in [6.45, 7) is 2.22. The summed E-state index contributed by atoms with van der Waals surface area (Å²) in [6.07, 6.45) is 15.5. The van der Waals surface area contributed by atoms with Gasteiger partial charge in [-0.25, -0.2) is 4.79 Å². The summed E-state index contributed by atoms with van der Waals surface area (Å²) in [5, 5.41) is 25.7. The number of rotatable bonds is 40. The maximum atomic E-state index is 12.3. The highest BCUT2D eigenvalue weighted by atomic mass is 32.1. The van der Waals surface area contributed by atoms with Gasteiger partial charge in [0.15, 0.2) is 0 Å². The lowest BCUT2D eigenvalue weighted by Crippen LogP contribution is -2.41. The normalized spacial score (nSPS) is 11.9. The van der Waals surface area contributed by atoms with Crippen molar-refractivity contribution in [2.45, 2.75) is 122 Å². The van der Waals surface area contributed by atoms with Crippen molar-refractivity contribution in [2.75, 3.05) is 72.5 Å². The van der Waals surface area contributed by atoms with E-state index in [2.05, 4.69) is 42.8 Å². The van der Waals surface area contributed by atoms with Crippen LogP contribution in [0.2, 0.25) is 0 Å². The molecule has 0 saturated carbocycles. The lowest BCUT2D eigenvalue weighted by Gasteiger charge is -2.14. The summed E-state index contributed by atoms with van der Waals surface area (Å²) < 4.78 is 21.4. The van der Waals surface area contributed by atoms with Crippen molar-refractivity contribution in [3.63, 3.8) is 0 Å². The molecular formula is C37H67N4O12PS. The molecule has 5 N–H and O–H groups in total. The van der Waals surface area contributed by atoms with Crippen LogP contribution in [0.4, 0.5) is 0 Å². The molecule has 2 atom stereocenters. The van der Waals surface area contributed by atoms with Crippen molar-refractivity contribution in [3.05, 3.63) is 0 Å². The number of aliphatic imine (C=N–C) groups is 1. The van der Waals surface area contributed by atoms with Crippen molar-refractivity contribution in [3.8, 4) is 0 Å². The van der Waals surface area contributed by atoms with E-state index in [1.54, 1.807) is 0 Å². The van der Waals surface area contributed by atoms with Crippen LogP contribution in [0.1, 0.15) is 116 Å². The van der Waals surface area contributed by atoms with Crippen LogP contribution in [-0.2, 0) is 47.7 Å². The van der Waals surface area contributed by atoms with E-state index < -0.39 is 18.0 Å². The van der Waals surface area contributed by atoms with Crippen molar-refractivity contribution >= 4 is 62.1 Å². The number of ether oxygens (including phenoxy) is 4. The van der Waals surface area contributed by atoms with Crippen LogP contribution in [0.15, 0.2) is 4.99 Å². The van der Waals surface area contributed by atoms with Crippen molar-refractivity contribution in [1.29, 1.82) is 0 Å². The molecule has 0 heterocycles. The number of nitrogens with zero attached hydrogens (tertiary/aromatic N) is 1. The Morgan fingerprint density at radius 1 is 0.564 bits per heavy atom. The maximum Gasteiger partial charge on any atom is 0.326 e. The van der Waals surface area contributed by atoms with E-state index in [1.165, 1.54) is 44.9 Å². The molecule has 3 amide bonds. The van der Waals surface area contributed by atoms with Crippen molar-refractivity contribution in [2.24, 2.45) is 4.99 Å². The molecule has 1 unspecified atom stereocenters. The van der Waals surface area contributed by atoms with Crippen LogP contribution in [0.5, 0.6) is 0 Å². The Balaban J connectivity index is 3.67. The zero-order valence-electron chi connectivity index (χ0n) is 32.5. The molecule has 0 aromatic heterocycles. The van der Waals surface area contributed by atoms with Crippen LogP contribution in [0.3, 0.4) is 0 Å². The molecule has 318 valence electrons. The van der Waals surface area contributed by atoms with Crippen molar-refractivity contribution < 1.29 is 57.9 Å². The second kappa shape index (κ2) is 38.2. The third-order valence-corrected chi connectivity index (χ3v) is 8.61. The average Bonchev–Trinajstić information content (AvgIpc) is 3.14. The summed E-state index contributed by atoms with van der Waals surface area (Å²) in [5.41, 5.74) is 0.605. The molecule has 0 aliphatic heterocycles. The Bertz CT molecular complexity index is 1100. The summed E-state index contributed by atoms with van der Waals surface area (Å²) in [4.78, 5) is 73.1. The number of aliphatic carboxylic acids is 2. The zero-order valence-corrected chi connectivity index (χ0v) is 34.6. The molecule has 0 aliphatic rings. The van der Waals surface area contributed by atoms with E-state index in [9.17, 15) is 33.9 Å². The summed E-state index contributed by atoms with van der Waals surface area (Å²) in [7, 11) is 2.39. The SMILES string of the molecule is O=C(O)CCCCCCCCCCCCCCCCC(=O)N[C@@H](CCC(=O)NCCOCCOCC(=O)NCCOCCOCC(P)=NCC(=O)S)C(=O)O. The van der Waals surface area contributed by atoms with Crippen LogP contribution in [0.25, 0.3) is 0 Å². The van der Waals surface area contributed by atoms with Gasteiger partial charge in [0.1, 0.15) is 19.2 Å². The van der Waals surface area contributed by atoms with E-state index in [0.29, 0.717) is 38.2 Å². The van der Waals surface area contributed by atoms with Gasteiger partial charge in [-0.2, -0.15) is 0 Å². The molecule has 55 heavy (non-hydrogen) atoms. The van der Waals surface area contributed by atoms with Crippen molar-refractivity contribution in [1.82, 2.24) is 16.0 Å². The number of nitrogens with one attached hydrogen (secondary N) is 3. The molecule has 0 saturated heterocycles. The fourth-order valence-electron chi connectivity index (χ4n) is 5.14. The smallest absolute Gasteiger partial charge is 0.326 e. The minimum atomic E-state index is -1.18. The number of amides is 3. The molecule has 0 radical (unpaired) electrons. The second-order valence-corrected chi connectivity index (χ2v) is 14.2. The summed E-state index contributed by atoms with van der Waals surface area (Å²) >= 11 is 3.64. The molecule has 0 aromatic rings. The number of hydrogen-bond acceptors (Lipinski definition) is 11. The maximum absolute atomic E-state index is 12.3. The number of carbonyl (C=O) groups excluding carboxylic acids is 4. The first kappa shape index (κ1) is 52.3. The lowest BCUT2D eigenvalue weighted by atomic mass is 10.0. The Morgan fingerprint density at radius 2 is 1.02 bits per heavy atom. The number of hydrogen-bond donors (Lipinski definition) is 6. The highest BCUT2D eigenvalue weighted by Crippen LogP contribution is 2.14. The Kier molecular flexibility index (Phi) is 36.3. The average molecular weight is 823 g/mol. The fourth-order valence-corrected chi connectivity index (χ4v) is 5.42. The van der Waals surface area contributed by atoms with Crippen LogP contribution in [0, 0.1) is 0 Å². The fraction of sp³-hybridized carbons (Fsp3) is 0.811. The highest BCUT2D eigenvalue weighted by Gasteiger charge is 2.20. The Morgan fingerprint density at radius 3 is 1.51 bits per heavy atom. The topological polar surface area (TPSA) is 228 Å². The van der Waals surface area contributed by atoms with E-state index in [-0.39, 0.29) is 94.6 Å². The first-order chi connectivity index (χ1) is 26.5. The molecule has 0 aliphatic carbocycles. The van der Waals surface area contributed by atoms with Gasteiger partial charge >= 0.3 is 11.9 Å². The lowest BCUT2D eigenvalue weighted by molar-refractivity contribution is -0.142. The van der Waals surface area contributed by atoms with Crippen LogP contribution < -0.4 is 16.0 Å².